The van der Waals surface area contributed by atoms with E-state index in [1.165, 1.54) is 0 Å². The summed E-state index contributed by atoms with van der Waals surface area (Å²) in [5, 5.41) is 11.6. The number of aromatic nitrogens is 2. The molecule has 1 fully saturated rings. The number of imidazole rings is 1. The third kappa shape index (κ3) is 4.42. The minimum Gasteiger partial charge on any atom is -0.385 e. The molecule has 0 radical (unpaired) electrons. The van der Waals surface area contributed by atoms with Crippen molar-refractivity contribution in [3.63, 3.8) is 0 Å². The fourth-order valence-corrected chi connectivity index (χ4v) is 3.67. The van der Waals surface area contributed by atoms with Gasteiger partial charge in [0.15, 0.2) is 0 Å². The number of allylic oxidation sites excluding steroid dienone is 1. The Hall–Kier alpha value is -2.89. The highest BCUT2D eigenvalue weighted by Gasteiger charge is 2.33. The van der Waals surface area contributed by atoms with Crippen LogP contribution in [-0.4, -0.2) is 38.8 Å². The third-order valence-corrected chi connectivity index (χ3v) is 5.58. The van der Waals surface area contributed by atoms with Crippen LogP contribution in [0.25, 0.3) is 11.4 Å². The van der Waals surface area contributed by atoms with Crippen molar-refractivity contribution >= 4 is 17.4 Å². The molecule has 2 heterocycles. The minimum absolute atomic E-state index is 0.127. The summed E-state index contributed by atoms with van der Waals surface area (Å²) in [4.78, 5) is 21.9. The predicted molar refractivity (Wildman–Crippen MR) is 114 cm³/mol. The first-order valence-corrected chi connectivity index (χ1v) is 9.97. The van der Waals surface area contributed by atoms with E-state index in [4.69, 9.17) is 11.6 Å². The number of hydrogen-bond acceptors (Lipinski definition) is 4. The van der Waals surface area contributed by atoms with Crippen LogP contribution in [0.5, 0.6) is 0 Å². The second kappa shape index (κ2) is 8.23. The second-order valence-electron chi connectivity index (χ2n) is 7.27. The van der Waals surface area contributed by atoms with E-state index in [2.05, 4.69) is 14.9 Å². The van der Waals surface area contributed by atoms with Gasteiger partial charge in [0.05, 0.1) is 11.8 Å². The van der Waals surface area contributed by atoms with Crippen LogP contribution in [0, 0.1) is 0 Å². The van der Waals surface area contributed by atoms with E-state index in [0.717, 1.165) is 11.1 Å². The Morgan fingerprint density at radius 3 is 2.48 bits per heavy atom. The van der Waals surface area contributed by atoms with Gasteiger partial charge < -0.3 is 15.0 Å². The Morgan fingerprint density at radius 1 is 1.10 bits per heavy atom. The molecule has 0 unspecified atom stereocenters. The van der Waals surface area contributed by atoms with Crippen LogP contribution in [0.4, 0.5) is 0 Å². The lowest BCUT2D eigenvalue weighted by Gasteiger charge is -2.38. The highest BCUT2D eigenvalue weighted by atomic mass is 35.5. The summed E-state index contributed by atoms with van der Waals surface area (Å²) < 4.78 is 0. The SMILES string of the molecule is O=C(/C=C/N1CCC(O)(c2ccc(Cl)cc2)CC1)c1cnc(-c2ccccc2)[nH]1. The molecule has 5 nitrogen and oxygen atoms in total. The summed E-state index contributed by atoms with van der Waals surface area (Å²) in [5.41, 5.74) is 1.42. The molecule has 148 valence electrons. The lowest BCUT2D eigenvalue weighted by molar-refractivity contribution is -0.0161. The number of ketones is 1. The van der Waals surface area contributed by atoms with Gasteiger partial charge in [0, 0.05) is 36.0 Å². The minimum atomic E-state index is -0.854. The molecular weight excluding hydrogens is 386 g/mol. The zero-order valence-corrected chi connectivity index (χ0v) is 16.6. The number of rotatable bonds is 5. The quantitative estimate of drug-likeness (QED) is 0.485. The molecule has 4 rings (SSSR count). The van der Waals surface area contributed by atoms with E-state index in [0.29, 0.717) is 42.5 Å². The van der Waals surface area contributed by atoms with Gasteiger partial charge in [-0.1, -0.05) is 54.1 Å². The van der Waals surface area contributed by atoms with E-state index in [1.54, 1.807) is 30.6 Å². The molecule has 1 saturated heterocycles. The maximum absolute atomic E-state index is 12.5. The first-order chi connectivity index (χ1) is 14.0. The third-order valence-electron chi connectivity index (χ3n) is 5.33. The number of piperidine rings is 1. The van der Waals surface area contributed by atoms with E-state index < -0.39 is 5.60 Å². The first-order valence-electron chi connectivity index (χ1n) is 9.59. The van der Waals surface area contributed by atoms with Gasteiger partial charge in [-0.2, -0.15) is 0 Å². The van der Waals surface area contributed by atoms with E-state index in [9.17, 15) is 9.90 Å². The standard InChI is InChI=1S/C23H22ClN3O2/c24-19-8-6-18(7-9-19)23(29)11-14-27(15-12-23)13-10-21(28)20-16-25-22(26-20)17-4-2-1-3-5-17/h1-10,13,16,29H,11-12,14-15H2,(H,25,26)/b13-10+. The molecule has 0 aliphatic carbocycles. The molecule has 0 amide bonds. The van der Waals surface area contributed by atoms with Crippen molar-refractivity contribution in [3.8, 4) is 11.4 Å². The molecule has 3 aromatic rings. The van der Waals surface area contributed by atoms with Crippen molar-refractivity contribution in [2.45, 2.75) is 18.4 Å². The van der Waals surface area contributed by atoms with Crippen LogP contribution in [0.2, 0.25) is 5.02 Å². The number of nitrogens with one attached hydrogen (secondary N) is 1. The van der Waals surface area contributed by atoms with Crippen molar-refractivity contribution < 1.29 is 9.90 Å². The number of likely N-dealkylation sites (tertiary alicyclic amines) is 1. The van der Waals surface area contributed by atoms with Crippen LogP contribution in [0.15, 0.2) is 73.1 Å². The van der Waals surface area contributed by atoms with E-state index in [-0.39, 0.29) is 5.78 Å². The van der Waals surface area contributed by atoms with Crippen molar-refractivity contribution in [3.05, 3.63) is 89.4 Å². The molecule has 0 spiro atoms. The van der Waals surface area contributed by atoms with Gasteiger partial charge in [-0.25, -0.2) is 4.98 Å². The number of benzene rings is 2. The van der Waals surface area contributed by atoms with Gasteiger partial charge in [-0.05, 0) is 30.5 Å². The van der Waals surface area contributed by atoms with Gasteiger partial charge in [0.25, 0.3) is 0 Å². The molecule has 1 aliphatic rings. The molecule has 2 aromatic carbocycles. The smallest absolute Gasteiger partial charge is 0.205 e. The van der Waals surface area contributed by atoms with Gasteiger partial charge in [0.1, 0.15) is 11.5 Å². The summed E-state index contributed by atoms with van der Waals surface area (Å²) >= 11 is 5.94. The molecular formula is C23H22ClN3O2. The lowest BCUT2D eigenvalue weighted by Crippen LogP contribution is -2.40. The predicted octanol–water partition coefficient (Wildman–Crippen LogP) is 4.41. The fraction of sp³-hybridized carbons (Fsp3) is 0.217. The number of H-pyrrole nitrogens is 1. The fourth-order valence-electron chi connectivity index (χ4n) is 3.54. The van der Waals surface area contributed by atoms with Crippen molar-refractivity contribution in [2.75, 3.05) is 13.1 Å². The van der Waals surface area contributed by atoms with Gasteiger partial charge in [-0.3, -0.25) is 4.79 Å². The van der Waals surface area contributed by atoms with Crippen LogP contribution in [0.1, 0.15) is 28.9 Å². The van der Waals surface area contributed by atoms with Crippen LogP contribution in [-0.2, 0) is 5.60 Å². The Morgan fingerprint density at radius 2 is 1.79 bits per heavy atom. The molecule has 0 atom stereocenters. The zero-order valence-electron chi connectivity index (χ0n) is 15.9. The Labute approximate surface area is 174 Å². The molecule has 0 saturated carbocycles. The number of nitrogens with zero attached hydrogens (tertiary/aromatic N) is 2. The average Bonchev–Trinajstić information content (AvgIpc) is 3.25. The van der Waals surface area contributed by atoms with Gasteiger partial charge >= 0.3 is 0 Å². The molecule has 2 N–H and O–H groups in total. The number of aromatic amines is 1. The summed E-state index contributed by atoms with van der Waals surface area (Å²) in [6, 6.07) is 17.0. The first kappa shape index (κ1) is 19.4. The number of carbonyl (C=O) groups excluding carboxylic acids is 1. The second-order valence-corrected chi connectivity index (χ2v) is 7.70. The molecule has 1 aliphatic heterocycles. The largest absolute Gasteiger partial charge is 0.385 e. The lowest BCUT2D eigenvalue weighted by atomic mass is 9.84. The normalized spacial score (nSPS) is 16.3. The Balaban J connectivity index is 1.36. The number of hydrogen-bond donors (Lipinski definition) is 2. The Kier molecular flexibility index (Phi) is 5.51. The van der Waals surface area contributed by atoms with Gasteiger partial charge in [0.2, 0.25) is 5.78 Å². The summed E-state index contributed by atoms with van der Waals surface area (Å²) in [5.74, 6) is 0.548. The summed E-state index contributed by atoms with van der Waals surface area (Å²) in [6.45, 7) is 1.34. The highest BCUT2D eigenvalue weighted by Crippen LogP contribution is 2.33. The van der Waals surface area contributed by atoms with E-state index >= 15 is 0 Å². The highest BCUT2D eigenvalue weighted by molar-refractivity contribution is 6.30. The maximum atomic E-state index is 12.5. The van der Waals surface area contributed by atoms with Crippen molar-refractivity contribution in [1.82, 2.24) is 14.9 Å². The van der Waals surface area contributed by atoms with Crippen molar-refractivity contribution in [2.24, 2.45) is 0 Å². The molecule has 0 bridgehead atoms. The van der Waals surface area contributed by atoms with Crippen LogP contribution < -0.4 is 0 Å². The van der Waals surface area contributed by atoms with Crippen molar-refractivity contribution in [1.29, 1.82) is 0 Å². The molecule has 29 heavy (non-hydrogen) atoms. The average molecular weight is 408 g/mol. The van der Waals surface area contributed by atoms with Crippen LogP contribution in [0.3, 0.4) is 0 Å². The number of aliphatic hydroxyl groups is 1. The monoisotopic (exact) mass is 407 g/mol. The zero-order chi connectivity index (χ0) is 20.3. The molecule has 1 aromatic heterocycles. The number of carbonyl (C=O) groups is 1. The van der Waals surface area contributed by atoms with Crippen LogP contribution >= 0.6 is 11.6 Å². The van der Waals surface area contributed by atoms with E-state index in [1.807, 2.05) is 42.5 Å². The molecule has 6 heteroatoms. The summed E-state index contributed by atoms with van der Waals surface area (Å²) in [6.07, 6.45) is 6.09. The van der Waals surface area contributed by atoms with Gasteiger partial charge in [-0.15, -0.1) is 0 Å². The Bertz CT molecular complexity index is 1000. The summed E-state index contributed by atoms with van der Waals surface area (Å²) in [7, 11) is 0. The maximum Gasteiger partial charge on any atom is 0.205 e. The topological polar surface area (TPSA) is 69.2 Å². The number of halogens is 1.